The zero-order chi connectivity index (χ0) is 24.8. The van der Waals surface area contributed by atoms with Crippen molar-refractivity contribution in [2.75, 3.05) is 56.7 Å². The summed E-state index contributed by atoms with van der Waals surface area (Å²) in [6, 6.07) is 13.9. The Morgan fingerprint density at radius 3 is 2.43 bits per heavy atom. The first-order valence-corrected chi connectivity index (χ1v) is 13.0. The second kappa shape index (κ2) is 11.5. The molecule has 0 spiro atoms. The smallest absolute Gasteiger partial charge is 0.289 e. The van der Waals surface area contributed by atoms with Crippen LogP contribution >= 0.6 is 11.8 Å². The van der Waals surface area contributed by atoms with Crippen LogP contribution in [0.5, 0.6) is 5.75 Å². The Labute approximate surface area is 211 Å². The van der Waals surface area contributed by atoms with Gasteiger partial charge in [0.2, 0.25) is 0 Å². The van der Waals surface area contributed by atoms with Gasteiger partial charge in [-0.1, -0.05) is 18.7 Å². The molecule has 1 saturated heterocycles. The summed E-state index contributed by atoms with van der Waals surface area (Å²) in [5, 5.41) is 0.729. The number of carbonyl (C=O) groups excluding carboxylic acids is 1. The fourth-order valence-electron chi connectivity index (χ4n) is 3.89. The van der Waals surface area contributed by atoms with E-state index in [4.69, 9.17) is 19.1 Å². The number of amides is 1. The van der Waals surface area contributed by atoms with Crippen molar-refractivity contribution in [3.05, 3.63) is 59.7 Å². The van der Waals surface area contributed by atoms with Gasteiger partial charge in [0.25, 0.3) is 5.91 Å². The number of methoxy groups -OCH3 is 1. The van der Waals surface area contributed by atoms with E-state index in [1.165, 1.54) is 17.4 Å². The molecule has 0 bridgehead atoms. The molecule has 4 rings (SSSR count). The SMILES string of the molecule is CCc1cc(N2CCN(c3ccc(OC)cc3)CC2)nc(SCc2ccc(C(=O)N(C)CC)o2)n1. The van der Waals surface area contributed by atoms with E-state index < -0.39 is 0 Å². The number of rotatable bonds is 9. The lowest BCUT2D eigenvalue weighted by Crippen LogP contribution is -2.46. The van der Waals surface area contributed by atoms with Crippen LogP contribution in [0.15, 0.2) is 52.0 Å². The molecule has 0 radical (unpaired) electrons. The van der Waals surface area contributed by atoms with Crippen molar-refractivity contribution in [2.24, 2.45) is 0 Å². The molecule has 0 unspecified atom stereocenters. The highest BCUT2D eigenvalue weighted by molar-refractivity contribution is 7.98. The monoisotopic (exact) mass is 495 g/mol. The summed E-state index contributed by atoms with van der Waals surface area (Å²) < 4.78 is 11.0. The number of carbonyl (C=O) groups is 1. The minimum atomic E-state index is -0.107. The van der Waals surface area contributed by atoms with Crippen molar-refractivity contribution in [1.29, 1.82) is 0 Å². The number of hydrogen-bond acceptors (Lipinski definition) is 8. The molecule has 0 atom stereocenters. The van der Waals surface area contributed by atoms with Crippen LogP contribution in [0.2, 0.25) is 0 Å². The molecular weight excluding hydrogens is 462 g/mol. The third-order valence-corrected chi connectivity index (χ3v) is 7.06. The van der Waals surface area contributed by atoms with Gasteiger partial charge in [0.15, 0.2) is 10.9 Å². The van der Waals surface area contributed by atoms with Crippen LogP contribution in [0.25, 0.3) is 0 Å². The van der Waals surface area contributed by atoms with Gasteiger partial charge in [-0.15, -0.1) is 0 Å². The maximum absolute atomic E-state index is 12.3. The van der Waals surface area contributed by atoms with Gasteiger partial charge in [-0.05, 0) is 49.7 Å². The normalized spacial score (nSPS) is 13.7. The predicted octanol–water partition coefficient (Wildman–Crippen LogP) is 4.35. The minimum absolute atomic E-state index is 0.107. The number of hydrogen-bond donors (Lipinski definition) is 0. The molecule has 1 fully saturated rings. The van der Waals surface area contributed by atoms with Crippen LogP contribution in [0.4, 0.5) is 11.5 Å². The van der Waals surface area contributed by atoms with E-state index in [9.17, 15) is 4.79 Å². The van der Waals surface area contributed by atoms with E-state index in [0.29, 0.717) is 18.1 Å². The minimum Gasteiger partial charge on any atom is -0.497 e. The zero-order valence-corrected chi connectivity index (χ0v) is 21.7. The fourth-order valence-corrected chi connectivity index (χ4v) is 4.66. The molecule has 3 heterocycles. The Kier molecular flexibility index (Phi) is 8.17. The highest BCUT2D eigenvalue weighted by Gasteiger charge is 2.20. The van der Waals surface area contributed by atoms with Crippen LogP contribution in [-0.2, 0) is 12.2 Å². The molecule has 1 aromatic carbocycles. The van der Waals surface area contributed by atoms with Crippen LogP contribution in [0, 0.1) is 0 Å². The first-order chi connectivity index (χ1) is 17.0. The molecule has 9 heteroatoms. The maximum atomic E-state index is 12.3. The Bertz CT molecular complexity index is 1130. The summed E-state index contributed by atoms with van der Waals surface area (Å²) in [5.41, 5.74) is 2.23. The summed E-state index contributed by atoms with van der Waals surface area (Å²) in [6.45, 7) is 8.32. The zero-order valence-electron chi connectivity index (χ0n) is 20.9. The Morgan fingerprint density at radius 2 is 1.77 bits per heavy atom. The standard InChI is InChI=1S/C26H33N5O3S/c1-5-19-17-24(31-15-13-30(14-16-31)20-7-9-21(33-4)10-8-20)28-26(27-19)35-18-22-11-12-23(34-22)25(32)29(3)6-2/h7-12,17H,5-6,13-16,18H2,1-4H3. The van der Waals surface area contributed by atoms with Gasteiger partial charge in [0, 0.05) is 57.2 Å². The molecule has 3 aromatic rings. The van der Waals surface area contributed by atoms with Crippen molar-refractivity contribution >= 4 is 29.2 Å². The largest absolute Gasteiger partial charge is 0.497 e. The quantitative estimate of drug-likeness (QED) is 0.320. The Balaban J connectivity index is 1.39. The molecule has 1 aliphatic rings. The lowest BCUT2D eigenvalue weighted by atomic mass is 10.2. The number of aromatic nitrogens is 2. The van der Waals surface area contributed by atoms with Gasteiger partial charge in [-0.3, -0.25) is 4.79 Å². The number of thioether (sulfide) groups is 1. The Hall–Kier alpha value is -3.20. The molecule has 8 nitrogen and oxygen atoms in total. The average Bonchev–Trinajstić information content (AvgIpc) is 3.40. The molecular formula is C26H33N5O3S. The molecule has 1 amide bonds. The first-order valence-electron chi connectivity index (χ1n) is 12.0. The molecule has 186 valence electrons. The maximum Gasteiger partial charge on any atom is 0.289 e. The summed E-state index contributed by atoms with van der Waals surface area (Å²) >= 11 is 1.53. The van der Waals surface area contributed by atoms with E-state index in [1.54, 1.807) is 25.1 Å². The van der Waals surface area contributed by atoms with Gasteiger partial charge >= 0.3 is 0 Å². The topological polar surface area (TPSA) is 74.9 Å². The van der Waals surface area contributed by atoms with Gasteiger partial charge in [-0.2, -0.15) is 0 Å². The van der Waals surface area contributed by atoms with Gasteiger partial charge in [-0.25, -0.2) is 9.97 Å². The number of anilines is 2. The molecule has 0 saturated carbocycles. The van der Waals surface area contributed by atoms with Crippen molar-refractivity contribution in [3.63, 3.8) is 0 Å². The molecule has 1 aliphatic heterocycles. The highest BCUT2D eigenvalue weighted by atomic mass is 32.2. The first kappa shape index (κ1) is 24.9. The molecule has 2 aromatic heterocycles. The number of aryl methyl sites for hydroxylation is 1. The van der Waals surface area contributed by atoms with Crippen LogP contribution in [-0.4, -0.2) is 67.7 Å². The fraction of sp³-hybridized carbons (Fsp3) is 0.423. The van der Waals surface area contributed by atoms with E-state index in [1.807, 2.05) is 25.1 Å². The lowest BCUT2D eigenvalue weighted by molar-refractivity contribution is 0.0769. The summed E-state index contributed by atoms with van der Waals surface area (Å²) in [5.74, 6) is 3.40. The van der Waals surface area contributed by atoms with Gasteiger partial charge < -0.3 is 23.9 Å². The number of ether oxygens (including phenoxy) is 1. The second-order valence-corrected chi connectivity index (χ2v) is 9.34. The second-order valence-electron chi connectivity index (χ2n) is 8.40. The van der Waals surface area contributed by atoms with E-state index >= 15 is 0 Å². The lowest BCUT2D eigenvalue weighted by Gasteiger charge is -2.37. The average molecular weight is 496 g/mol. The summed E-state index contributed by atoms with van der Waals surface area (Å²) in [7, 11) is 3.45. The van der Waals surface area contributed by atoms with Crippen molar-refractivity contribution < 1.29 is 13.9 Å². The highest BCUT2D eigenvalue weighted by Crippen LogP contribution is 2.26. The number of furan rings is 1. The van der Waals surface area contributed by atoms with E-state index in [-0.39, 0.29) is 5.91 Å². The number of piperazine rings is 1. The molecule has 0 aliphatic carbocycles. The summed E-state index contributed by atoms with van der Waals surface area (Å²) in [6.07, 6.45) is 0.845. The number of nitrogens with zero attached hydrogens (tertiary/aromatic N) is 5. The van der Waals surface area contributed by atoms with Crippen LogP contribution < -0.4 is 14.5 Å². The predicted molar refractivity (Wildman–Crippen MR) is 140 cm³/mol. The van der Waals surface area contributed by atoms with Gasteiger partial charge in [0.05, 0.1) is 12.9 Å². The van der Waals surface area contributed by atoms with Crippen molar-refractivity contribution in [3.8, 4) is 5.75 Å². The van der Waals surface area contributed by atoms with Crippen molar-refractivity contribution in [2.45, 2.75) is 31.2 Å². The third kappa shape index (κ3) is 6.08. The molecule has 0 N–H and O–H groups in total. The van der Waals surface area contributed by atoms with E-state index in [0.717, 1.165) is 60.8 Å². The third-order valence-electron chi connectivity index (χ3n) is 6.19. The Morgan fingerprint density at radius 1 is 1.06 bits per heavy atom. The van der Waals surface area contributed by atoms with Crippen LogP contribution in [0.3, 0.4) is 0 Å². The van der Waals surface area contributed by atoms with Crippen molar-refractivity contribution in [1.82, 2.24) is 14.9 Å². The van der Waals surface area contributed by atoms with Crippen LogP contribution in [0.1, 0.15) is 35.9 Å². The number of benzene rings is 1. The molecule has 35 heavy (non-hydrogen) atoms. The van der Waals surface area contributed by atoms with Gasteiger partial charge in [0.1, 0.15) is 17.3 Å². The van der Waals surface area contributed by atoms with E-state index in [2.05, 4.69) is 34.9 Å². The summed E-state index contributed by atoms with van der Waals surface area (Å²) in [4.78, 5) is 28.2.